The van der Waals surface area contributed by atoms with E-state index in [4.69, 9.17) is 4.52 Å². The maximum atomic E-state index is 12.7. The lowest BCUT2D eigenvalue weighted by Crippen LogP contribution is -2.46. The SMILES string of the molecule is Cc1cc(C(=O)N2CCCC[C@@H]2Cn2nc(C)cc2C)on1. The Labute approximate surface area is 130 Å². The highest BCUT2D eigenvalue weighted by Crippen LogP contribution is 2.22. The van der Waals surface area contributed by atoms with Crippen LogP contribution in [0, 0.1) is 20.8 Å². The number of aromatic nitrogens is 3. The van der Waals surface area contributed by atoms with Gasteiger partial charge in [0.2, 0.25) is 5.76 Å². The topological polar surface area (TPSA) is 64.2 Å². The molecule has 0 radical (unpaired) electrons. The largest absolute Gasteiger partial charge is 0.351 e. The molecule has 0 bridgehead atoms. The van der Waals surface area contributed by atoms with Gasteiger partial charge in [0.25, 0.3) is 5.91 Å². The fourth-order valence-electron chi connectivity index (χ4n) is 3.12. The second-order valence-corrected chi connectivity index (χ2v) is 6.09. The average Bonchev–Trinajstić information content (AvgIpc) is 3.05. The summed E-state index contributed by atoms with van der Waals surface area (Å²) in [5.74, 6) is 0.268. The van der Waals surface area contributed by atoms with Gasteiger partial charge in [0.05, 0.1) is 24.0 Å². The highest BCUT2D eigenvalue weighted by atomic mass is 16.5. The number of carbonyl (C=O) groups is 1. The van der Waals surface area contributed by atoms with E-state index in [2.05, 4.69) is 23.2 Å². The Kier molecular flexibility index (Phi) is 4.00. The van der Waals surface area contributed by atoms with E-state index in [-0.39, 0.29) is 11.9 Å². The van der Waals surface area contributed by atoms with Gasteiger partial charge in [-0.25, -0.2) is 0 Å². The van der Waals surface area contributed by atoms with Crippen LogP contribution in [-0.4, -0.2) is 38.3 Å². The van der Waals surface area contributed by atoms with Crippen LogP contribution < -0.4 is 0 Å². The molecule has 0 saturated carbocycles. The minimum absolute atomic E-state index is 0.0631. The molecule has 6 nitrogen and oxygen atoms in total. The fourth-order valence-corrected chi connectivity index (χ4v) is 3.12. The Morgan fingerprint density at radius 2 is 2.09 bits per heavy atom. The van der Waals surface area contributed by atoms with Crippen LogP contribution in [0.5, 0.6) is 0 Å². The second kappa shape index (κ2) is 5.94. The first-order chi connectivity index (χ1) is 10.5. The van der Waals surface area contributed by atoms with E-state index in [1.54, 1.807) is 6.07 Å². The Morgan fingerprint density at radius 3 is 2.73 bits per heavy atom. The van der Waals surface area contributed by atoms with Crippen LogP contribution in [0.4, 0.5) is 0 Å². The Hall–Kier alpha value is -2.11. The van der Waals surface area contributed by atoms with Crippen molar-refractivity contribution >= 4 is 5.91 Å². The summed E-state index contributed by atoms with van der Waals surface area (Å²) in [7, 11) is 0. The molecule has 0 aromatic carbocycles. The predicted molar refractivity (Wildman–Crippen MR) is 81.6 cm³/mol. The number of nitrogens with zero attached hydrogens (tertiary/aromatic N) is 4. The molecule has 2 aromatic rings. The zero-order valence-corrected chi connectivity index (χ0v) is 13.4. The van der Waals surface area contributed by atoms with Gasteiger partial charge < -0.3 is 9.42 Å². The van der Waals surface area contributed by atoms with Crippen molar-refractivity contribution in [3.63, 3.8) is 0 Å². The molecule has 0 spiro atoms. The van der Waals surface area contributed by atoms with Gasteiger partial charge in [0, 0.05) is 18.3 Å². The van der Waals surface area contributed by atoms with E-state index in [0.29, 0.717) is 5.76 Å². The first kappa shape index (κ1) is 14.8. The lowest BCUT2D eigenvalue weighted by molar-refractivity contribution is 0.0541. The number of rotatable bonds is 3. The van der Waals surface area contributed by atoms with Crippen molar-refractivity contribution in [1.29, 1.82) is 0 Å². The number of piperidine rings is 1. The molecule has 22 heavy (non-hydrogen) atoms. The summed E-state index contributed by atoms with van der Waals surface area (Å²) in [4.78, 5) is 14.6. The Bertz CT molecular complexity index is 673. The average molecular weight is 302 g/mol. The summed E-state index contributed by atoms with van der Waals surface area (Å²) in [5, 5.41) is 8.34. The van der Waals surface area contributed by atoms with Crippen LogP contribution in [-0.2, 0) is 6.54 Å². The van der Waals surface area contributed by atoms with Crippen molar-refractivity contribution in [3.8, 4) is 0 Å². The molecule has 3 heterocycles. The Balaban J connectivity index is 1.79. The van der Waals surface area contributed by atoms with Crippen molar-refractivity contribution in [2.45, 2.75) is 52.6 Å². The molecule has 1 aliphatic heterocycles. The summed E-state index contributed by atoms with van der Waals surface area (Å²) in [6.07, 6.45) is 3.17. The van der Waals surface area contributed by atoms with Crippen LogP contribution >= 0.6 is 0 Å². The highest BCUT2D eigenvalue weighted by molar-refractivity contribution is 5.91. The second-order valence-electron chi connectivity index (χ2n) is 6.09. The summed E-state index contributed by atoms with van der Waals surface area (Å²) in [6, 6.07) is 3.93. The molecular formula is C16H22N4O2. The van der Waals surface area contributed by atoms with Crippen molar-refractivity contribution in [2.75, 3.05) is 6.54 Å². The van der Waals surface area contributed by atoms with Gasteiger partial charge >= 0.3 is 0 Å². The quantitative estimate of drug-likeness (QED) is 0.874. The van der Waals surface area contributed by atoms with E-state index >= 15 is 0 Å². The number of aryl methyl sites for hydroxylation is 3. The first-order valence-corrected chi connectivity index (χ1v) is 7.80. The summed E-state index contributed by atoms with van der Waals surface area (Å²) in [5.41, 5.74) is 2.87. The van der Waals surface area contributed by atoms with E-state index in [9.17, 15) is 4.79 Å². The summed E-state index contributed by atoms with van der Waals surface area (Å²) in [6.45, 7) is 7.37. The first-order valence-electron chi connectivity index (χ1n) is 7.80. The molecule has 1 atom stereocenters. The molecule has 0 N–H and O–H groups in total. The predicted octanol–water partition coefficient (Wildman–Crippen LogP) is 2.49. The molecule has 6 heteroatoms. The molecule has 2 aromatic heterocycles. The van der Waals surface area contributed by atoms with Crippen LogP contribution in [0.1, 0.15) is 46.9 Å². The zero-order valence-electron chi connectivity index (χ0n) is 13.4. The van der Waals surface area contributed by atoms with E-state index in [0.717, 1.165) is 49.4 Å². The van der Waals surface area contributed by atoms with Crippen molar-refractivity contribution < 1.29 is 9.32 Å². The van der Waals surface area contributed by atoms with Gasteiger partial charge in [-0.3, -0.25) is 9.48 Å². The molecule has 3 rings (SSSR count). The number of amides is 1. The molecule has 1 saturated heterocycles. The van der Waals surface area contributed by atoms with Gasteiger partial charge in [0.1, 0.15) is 0 Å². The molecule has 1 fully saturated rings. The van der Waals surface area contributed by atoms with E-state index < -0.39 is 0 Å². The molecular weight excluding hydrogens is 280 g/mol. The summed E-state index contributed by atoms with van der Waals surface area (Å²) >= 11 is 0. The van der Waals surface area contributed by atoms with Crippen LogP contribution in [0.3, 0.4) is 0 Å². The highest BCUT2D eigenvalue weighted by Gasteiger charge is 2.30. The van der Waals surface area contributed by atoms with Gasteiger partial charge in [0.15, 0.2) is 0 Å². The maximum absolute atomic E-state index is 12.7. The third kappa shape index (κ3) is 2.91. The minimum atomic E-state index is -0.0631. The lowest BCUT2D eigenvalue weighted by atomic mass is 10.0. The summed E-state index contributed by atoms with van der Waals surface area (Å²) < 4.78 is 7.14. The fraction of sp³-hybridized carbons (Fsp3) is 0.562. The number of hydrogen-bond acceptors (Lipinski definition) is 4. The van der Waals surface area contributed by atoms with Gasteiger partial charge in [-0.05, 0) is 46.1 Å². The van der Waals surface area contributed by atoms with Crippen molar-refractivity contribution in [3.05, 3.63) is 35.0 Å². The molecule has 118 valence electrons. The van der Waals surface area contributed by atoms with Crippen LogP contribution in [0.25, 0.3) is 0 Å². The normalized spacial score (nSPS) is 18.7. The number of likely N-dealkylation sites (tertiary alicyclic amines) is 1. The maximum Gasteiger partial charge on any atom is 0.292 e. The third-order valence-corrected chi connectivity index (χ3v) is 4.21. The minimum Gasteiger partial charge on any atom is -0.351 e. The molecule has 0 aliphatic carbocycles. The smallest absolute Gasteiger partial charge is 0.292 e. The van der Waals surface area contributed by atoms with Crippen LogP contribution in [0.15, 0.2) is 16.7 Å². The standard InChI is InChI=1S/C16H22N4O2/c1-11-8-13(3)20(17-11)10-14-6-4-5-7-19(14)16(21)15-9-12(2)18-22-15/h8-9,14H,4-7,10H2,1-3H3/t14-/m1/s1. The molecule has 0 unspecified atom stereocenters. The lowest BCUT2D eigenvalue weighted by Gasteiger charge is -2.35. The molecule has 1 aliphatic rings. The van der Waals surface area contributed by atoms with Crippen LogP contribution in [0.2, 0.25) is 0 Å². The van der Waals surface area contributed by atoms with E-state index in [1.807, 2.05) is 23.4 Å². The van der Waals surface area contributed by atoms with Gasteiger partial charge in [-0.2, -0.15) is 5.10 Å². The zero-order chi connectivity index (χ0) is 15.7. The number of hydrogen-bond donors (Lipinski definition) is 0. The third-order valence-electron chi connectivity index (χ3n) is 4.21. The van der Waals surface area contributed by atoms with Crippen molar-refractivity contribution in [1.82, 2.24) is 19.8 Å². The Morgan fingerprint density at radius 1 is 1.27 bits per heavy atom. The number of carbonyl (C=O) groups excluding carboxylic acids is 1. The van der Waals surface area contributed by atoms with E-state index in [1.165, 1.54) is 0 Å². The van der Waals surface area contributed by atoms with Gasteiger partial charge in [-0.1, -0.05) is 5.16 Å². The van der Waals surface area contributed by atoms with Crippen molar-refractivity contribution in [2.24, 2.45) is 0 Å². The monoisotopic (exact) mass is 302 g/mol. The molecule has 1 amide bonds. The van der Waals surface area contributed by atoms with Gasteiger partial charge in [-0.15, -0.1) is 0 Å².